The number of carbonyl (C=O) groups is 1. The van der Waals surface area contributed by atoms with E-state index in [9.17, 15) is 9.90 Å². The molecule has 2 heterocycles. The summed E-state index contributed by atoms with van der Waals surface area (Å²) in [5, 5.41) is 15.4. The fourth-order valence-corrected chi connectivity index (χ4v) is 5.38. The van der Waals surface area contributed by atoms with E-state index in [1.807, 2.05) is 23.1 Å². The molecule has 1 amide bonds. The van der Waals surface area contributed by atoms with Gasteiger partial charge in [0.2, 0.25) is 5.91 Å². The standard InChI is InChI=1S/C27H34N4O3/c1-2-25-24-13-12-21(17-26(24)31(28-25)34-23-10-6-7-11-23)29-14-15-30(27(33)19-32)22(18-29)16-20-8-4-3-5-9-20/h3-5,8-9,12-13,17,22-23,32H,2,6-7,10-11,14-16,18-19H2,1H3/t22-/m0/s1. The maximum absolute atomic E-state index is 12.5. The summed E-state index contributed by atoms with van der Waals surface area (Å²) in [7, 11) is 0. The molecule has 2 aromatic carbocycles. The van der Waals surface area contributed by atoms with Gasteiger partial charge in [-0.15, -0.1) is 5.10 Å². The van der Waals surface area contributed by atoms with E-state index in [-0.39, 0.29) is 18.1 Å². The van der Waals surface area contributed by atoms with Gasteiger partial charge in [0, 0.05) is 30.7 Å². The monoisotopic (exact) mass is 462 g/mol. The summed E-state index contributed by atoms with van der Waals surface area (Å²) in [5.41, 5.74) is 4.37. The van der Waals surface area contributed by atoms with E-state index in [1.54, 1.807) is 4.85 Å². The van der Waals surface area contributed by atoms with Crippen molar-refractivity contribution in [3.8, 4) is 0 Å². The Morgan fingerprint density at radius 1 is 1.12 bits per heavy atom. The van der Waals surface area contributed by atoms with Crippen LogP contribution >= 0.6 is 0 Å². The lowest BCUT2D eigenvalue weighted by Gasteiger charge is -2.42. The summed E-state index contributed by atoms with van der Waals surface area (Å²) in [5.74, 6) is -0.202. The maximum atomic E-state index is 12.5. The molecule has 0 spiro atoms. The van der Waals surface area contributed by atoms with Crippen LogP contribution in [0, 0.1) is 0 Å². The average Bonchev–Trinajstić information content (AvgIpc) is 3.52. The zero-order valence-electron chi connectivity index (χ0n) is 19.9. The zero-order chi connectivity index (χ0) is 23.5. The largest absolute Gasteiger partial charge is 0.393 e. The smallest absolute Gasteiger partial charge is 0.248 e. The van der Waals surface area contributed by atoms with Crippen molar-refractivity contribution in [3.63, 3.8) is 0 Å². The minimum absolute atomic E-state index is 0.00245. The Morgan fingerprint density at radius 3 is 2.65 bits per heavy atom. The predicted octanol–water partition coefficient (Wildman–Crippen LogP) is 3.22. The van der Waals surface area contributed by atoms with E-state index in [4.69, 9.17) is 9.94 Å². The highest BCUT2D eigenvalue weighted by Gasteiger charge is 2.31. The number of aliphatic hydroxyl groups is 1. The molecule has 0 bridgehead atoms. The van der Waals surface area contributed by atoms with Crippen LogP contribution in [0.1, 0.15) is 43.9 Å². The normalized spacial score (nSPS) is 19.2. The number of amides is 1. The van der Waals surface area contributed by atoms with Gasteiger partial charge in [-0.2, -0.15) is 0 Å². The Balaban J connectivity index is 1.42. The molecule has 7 heteroatoms. The van der Waals surface area contributed by atoms with Crippen molar-refractivity contribution in [2.75, 3.05) is 31.1 Å². The van der Waals surface area contributed by atoms with E-state index in [0.717, 1.165) is 54.5 Å². The number of benzene rings is 2. The summed E-state index contributed by atoms with van der Waals surface area (Å²) in [6.45, 7) is 3.70. The molecule has 3 aromatic rings. The van der Waals surface area contributed by atoms with Crippen LogP contribution in [0.3, 0.4) is 0 Å². The summed E-state index contributed by atoms with van der Waals surface area (Å²) in [6, 6.07) is 16.7. The molecular formula is C27H34N4O3. The van der Waals surface area contributed by atoms with Crippen molar-refractivity contribution in [1.29, 1.82) is 0 Å². The Bertz CT molecular complexity index is 1120. The molecule has 1 N–H and O–H groups in total. The second kappa shape index (κ2) is 10.1. The minimum atomic E-state index is -0.450. The molecule has 1 aliphatic carbocycles. The molecule has 0 radical (unpaired) electrons. The number of hydrogen-bond donors (Lipinski definition) is 1. The van der Waals surface area contributed by atoms with Crippen LogP contribution in [0.4, 0.5) is 5.69 Å². The fraction of sp³-hybridized carbons (Fsp3) is 0.481. The predicted molar refractivity (Wildman–Crippen MR) is 133 cm³/mol. The molecule has 0 unspecified atom stereocenters. The zero-order valence-corrected chi connectivity index (χ0v) is 19.9. The second-order valence-corrected chi connectivity index (χ2v) is 9.42. The number of hydrogen-bond acceptors (Lipinski definition) is 5. The third-order valence-electron chi connectivity index (χ3n) is 7.21. The Morgan fingerprint density at radius 2 is 1.91 bits per heavy atom. The number of aromatic nitrogens is 2. The third-order valence-corrected chi connectivity index (χ3v) is 7.21. The van der Waals surface area contributed by atoms with Crippen molar-refractivity contribution in [1.82, 2.24) is 14.8 Å². The lowest BCUT2D eigenvalue weighted by Crippen LogP contribution is -2.56. The summed E-state index contributed by atoms with van der Waals surface area (Å²) < 4.78 is 0. The number of nitrogens with zero attached hydrogens (tertiary/aromatic N) is 4. The van der Waals surface area contributed by atoms with Crippen LogP contribution in [-0.4, -0.2) is 64.2 Å². The van der Waals surface area contributed by atoms with Gasteiger partial charge < -0.3 is 19.7 Å². The average molecular weight is 463 g/mol. The Labute approximate surface area is 200 Å². The number of aryl methyl sites for hydroxylation is 1. The lowest BCUT2D eigenvalue weighted by molar-refractivity contribution is -0.136. The van der Waals surface area contributed by atoms with Crippen LogP contribution in [0.2, 0.25) is 0 Å². The summed E-state index contributed by atoms with van der Waals surface area (Å²) in [4.78, 5) is 24.7. The van der Waals surface area contributed by atoms with Crippen molar-refractivity contribution in [2.24, 2.45) is 0 Å². The number of carbonyl (C=O) groups excluding carboxylic acids is 1. The van der Waals surface area contributed by atoms with Crippen molar-refractivity contribution in [3.05, 3.63) is 59.8 Å². The van der Waals surface area contributed by atoms with Gasteiger partial charge in [0.15, 0.2) is 0 Å². The molecule has 1 saturated carbocycles. The highest BCUT2D eigenvalue weighted by molar-refractivity contribution is 5.85. The second-order valence-electron chi connectivity index (χ2n) is 9.42. The van der Waals surface area contributed by atoms with E-state index in [2.05, 4.69) is 42.2 Å². The first-order valence-electron chi connectivity index (χ1n) is 12.5. The first-order valence-corrected chi connectivity index (χ1v) is 12.5. The quantitative estimate of drug-likeness (QED) is 0.584. The van der Waals surface area contributed by atoms with Gasteiger partial charge in [-0.1, -0.05) is 42.1 Å². The lowest BCUT2D eigenvalue weighted by atomic mass is 10.0. The molecule has 1 saturated heterocycles. The highest BCUT2D eigenvalue weighted by atomic mass is 16.7. The molecule has 1 atom stereocenters. The molecular weight excluding hydrogens is 428 g/mol. The first kappa shape index (κ1) is 22.7. The van der Waals surface area contributed by atoms with Gasteiger partial charge in [0.25, 0.3) is 0 Å². The number of piperazine rings is 1. The molecule has 7 nitrogen and oxygen atoms in total. The fourth-order valence-electron chi connectivity index (χ4n) is 5.38. The molecule has 2 aliphatic rings. The van der Waals surface area contributed by atoms with Gasteiger partial charge in [-0.05, 0) is 62.3 Å². The van der Waals surface area contributed by atoms with Gasteiger partial charge in [-0.3, -0.25) is 4.79 Å². The van der Waals surface area contributed by atoms with E-state index >= 15 is 0 Å². The van der Waals surface area contributed by atoms with Crippen LogP contribution in [0.25, 0.3) is 10.9 Å². The van der Waals surface area contributed by atoms with Crippen LogP contribution < -0.4 is 9.74 Å². The number of fused-ring (bicyclic) bond motifs is 1. The number of rotatable bonds is 7. The van der Waals surface area contributed by atoms with E-state index < -0.39 is 6.61 Å². The van der Waals surface area contributed by atoms with Gasteiger partial charge in [0.05, 0.1) is 11.7 Å². The van der Waals surface area contributed by atoms with E-state index in [0.29, 0.717) is 13.1 Å². The van der Waals surface area contributed by atoms with Crippen LogP contribution in [-0.2, 0) is 17.6 Å². The number of aliphatic hydroxyl groups excluding tert-OH is 1. The van der Waals surface area contributed by atoms with Gasteiger partial charge in [0.1, 0.15) is 18.2 Å². The summed E-state index contributed by atoms with van der Waals surface area (Å²) in [6.07, 6.45) is 6.46. The topological polar surface area (TPSA) is 70.8 Å². The van der Waals surface area contributed by atoms with Crippen molar-refractivity contribution in [2.45, 2.75) is 57.6 Å². The summed E-state index contributed by atoms with van der Waals surface area (Å²) >= 11 is 0. The molecule has 1 aromatic heterocycles. The van der Waals surface area contributed by atoms with Crippen LogP contribution in [0.5, 0.6) is 0 Å². The van der Waals surface area contributed by atoms with Crippen LogP contribution in [0.15, 0.2) is 48.5 Å². The maximum Gasteiger partial charge on any atom is 0.248 e. The number of anilines is 1. The Hall–Kier alpha value is -3.06. The van der Waals surface area contributed by atoms with Gasteiger partial charge in [-0.25, -0.2) is 0 Å². The van der Waals surface area contributed by atoms with E-state index in [1.165, 1.54) is 18.4 Å². The molecule has 180 valence electrons. The SMILES string of the molecule is CCc1nn(OC2CCCC2)c2cc(N3CCN(C(=O)CO)[C@@H](Cc4ccccc4)C3)ccc12. The third kappa shape index (κ3) is 4.62. The molecule has 2 fully saturated rings. The Kier molecular flexibility index (Phi) is 6.72. The van der Waals surface area contributed by atoms with Crippen molar-refractivity contribution < 1.29 is 14.7 Å². The first-order chi connectivity index (χ1) is 16.7. The minimum Gasteiger partial charge on any atom is -0.393 e. The molecule has 1 aliphatic heterocycles. The van der Waals surface area contributed by atoms with Crippen molar-refractivity contribution >= 4 is 22.5 Å². The molecule has 34 heavy (non-hydrogen) atoms. The van der Waals surface area contributed by atoms with Gasteiger partial charge >= 0.3 is 0 Å². The molecule has 5 rings (SSSR count). The highest BCUT2D eigenvalue weighted by Crippen LogP contribution is 2.28.